The number of ether oxygens (including phenoxy) is 2. The molecule has 9 nitrogen and oxygen atoms in total. The molecule has 0 saturated heterocycles. The van der Waals surface area contributed by atoms with Crippen LogP contribution in [-0.2, 0) is 32.7 Å². The summed E-state index contributed by atoms with van der Waals surface area (Å²) in [5.41, 5.74) is 0. The molecular weight excluding hydrogens is 786 g/mol. The van der Waals surface area contributed by atoms with Crippen molar-refractivity contribution in [1.29, 1.82) is 0 Å². The molecule has 0 fully saturated rings. The van der Waals surface area contributed by atoms with Gasteiger partial charge >= 0.3 is 11.9 Å². The van der Waals surface area contributed by atoms with Crippen LogP contribution < -0.4 is 4.89 Å². The Kier molecular flexibility index (Phi) is 43.1. The number of carbonyl (C=O) groups is 2. The minimum atomic E-state index is -4.63. The lowest BCUT2D eigenvalue weighted by atomic mass is 10.0. The topological polar surface area (TPSA) is 111 Å². The predicted octanol–water partition coefficient (Wildman–Crippen LogP) is 14.7. The van der Waals surface area contributed by atoms with Gasteiger partial charge < -0.3 is 27.9 Å². The van der Waals surface area contributed by atoms with Crippen LogP contribution in [0, 0.1) is 0 Å². The van der Waals surface area contributed by atoms with E-state index in [-0.39, 0.29) is 32.0 Å². The van der Waals surface area contributed by atoms with Gasteiger partial charge in [0.15, 0.2) is 6.10 Å². The first-order valence-corrected chi connectivity index (χ1v) is 27.4. The van der Waals surface area contributed by atoms with Gasteiger partial charge in [-0.1, -0.05) is 212 Å². The number of hydrogen-bond acceptors (Lipinski definition) is 8. The SMILES string of the molecule is CCCCCCCC/C=C/CCCCCCCC(=O)OC[C@H](COP(=O)([O-])OCC[N+](C)(C)C)OC(=O)CCCCCCCCCCCCCCCCCCCCCCCC. The molecule has 0 amide bonds. The fourth-order valence-electron chi connectivity index (χ4n) is 7.48. The number of carbonyl (C=O) groups excluding carboxylic acids is 2. The Morgan fingerprint density at radius 3 is 1.21 bits per heavy atom. The number of rotatable bonds is 48. The largest absolute Gasteiger partial charge is 0.756 e. The number of likely N-dealkylation sites (N-methyl/N-ethyl adjacent to an activating group) is 1. The van der Waals surface area contributed by atoms with Crippen molar-refractivity contribution in [3.05, 3.63) is 12.2 Å². The van der Waals surface area contributed by atoms with Crippen LogP contribution >= 0.6 is 7.82 Å². The third-order valence-corrected chi connectivity index (χ3v) is 12.5. The van der Waals surface area contributed by atoms with Crippen LogP contribution in [0.1, 0.15) is 251 Å². The van der Waals surface area contributed by atoms with Gasteiger partial charge in [-0.15, -0.1) is 0 Å². The van der Waals surface area contributed by atoms with Crippen molar-refractivity contribution in [3.8, 4) is 0 Å². The molecule has 0 N–H and O–H groups in total. The standard InChI is InChI=1S/C51H100NO8P/c1-6-8-10-12-14-16-18-20-22-23-24-25-26-27-28-30-32-34-36-38-40-42-44-51(54)60-49(48-59-61(55,56)58-46-45-52(3,4)5)47-57-50(53)43-41-39-37-35-33-31-29-21-19-17-15-13-11-9-7-2/h21,29,49H,6-20,22-28,30-48H2,1-5H3/b29-21+/t49-/m1/s1. The maximum atomic E-state index is 12.7. The third-order valence-electron chi connectivity index (χ3n) is 11.5. The molecule has 0 aliphatic carbocycles. The number of hydrogen-bond donors (Lipinski definition) is 0. The third kappa shape index (κ3) is 48.1. The van der Waals surface area contributed by atoms with Gasteiger partial charge in [0.05, 0.1) is 27.7 Å². The number of esters is 2. The summed E-state index contributed by atoms with van der Waals surface area (Å²) in [7, 11) is 1.18. The molecule has 0 heterocycles. The zero-order valence-electron chi connectivity index (χ0n) is 40.9. The minimum absolute atomic E-state index is 0.0286. The van der Waals surface area contributed by atoms with E-state index in [2.05, 4.69) is 26.0 Å². The van der Waals surface area contributed by atoms with E-state index in [1.165, 1.54) is 167 Å². The Morgan fingerprint density at radius 2 is 0.836 bits per heavy atom. The average molecular weight is 886 g/mol. The highest BCUT2D eigenvalue weighted by Crippen LogP contribution is 2.38. The number of phosphoric acid groups is 1. The Labute approximate surface area is 377 Å². The van der Waals surface area contributed by atoms with Crippen LogP contribution in [0.15, 0.2) is 12.2 Å². The molecule has 0 aliphatic heterocycles. The molecule has 1 unspecified atom stereocenters. The van der Waals surface area contributed by atoms with Crippen molar-refractivity contribution in [2.75, 3.05) is 47.5 Å². The van der Waals surface area contributed by atoms with E-state index in [1.54, 1.807) is 0 Å². The highest BCUT2D eigenvalue weighted by molar-refractivity contribution is 7.45. The summed E-state index contributed by atoms with van der Waals surface area (Å²) in [6.45, 7) is 4.26. The Balaban J connectivity index is 4.19. The van der Waals surface area contributed by atoms with Crippen LogP contribution in [0.4, 0.5) is 0 Å². The molecule has 61 heavy (non-hydrogen) atoms. The van der Waals surface area contributed by atoms with Gasteiger partial charge in [-0.2, -0.15) is 0 Å². The van der Waals surface area contributed by atoms with Crippen molar-refractivity contribution >= 4 is 19.8 Å². The van der Waals surface area contributed by atoms with Crippen molar-refractivity contribution in [1.82, 2.24) is 0 Å². The van der Waals surface area contributed by atoms with Gasteiger partial charge in [-0.25, -0.2) is 0 Å². The lowest BCUT2D eigenvalue weighted by Crippen LogP contribution is -2.37. The van der Waals surface area contributed by atoms with E-state index in [4.69, 9.17) is 18.5 Å². The van der Waals surface area contributed by atoms with Gasteiger partial charge in [0, 0.05) is 12.8 Å². The fraction of sp³-hybridized carbons (Fsp3) is 0.922. The first-order chi connectivity index (χ1) is 29.5. The first-order valence-electron chi connectivity index (χ1n) is 25.9. The van der Waals surface area contributed by atoms with Crippen molar-refractivity contribution < 1.29 is 42.1 Å². The zero-order chi connectivity index (χ0) is 45.0. The second kappa shape index (κ2) is 44.0. The molecule has 0 spiro atoms. The van der Waals surface area contributed by atoms with E-state index in [1.807, 2.05) is 21.1 Å². The Morgan fingerprint density at radius 1 is 0.492 bits per heavy atom. The molecule has 2 atom stereocenters. The van der Waals surface area contributed by atoms with E-state index in [9.17, 15) is 19.0 Å². The molecular formula is C51H100NO8P. The Hall–Kier alpha value is -1.25. The summed E-state index contributed by atoms with van der Waals surface area (Å²) in [5, 5.41) is 0. The highest BCUT2D eigenvalue weighted by atomic mass is 31.2. The van der Waals surface area contributed by atoms with Crippen LogP contribution in [-0.4, -0.2) is 70.0 Å². The second-order valence-corrected chi connectivity index (χ2v) is 20.3. The number of quaternary nitrogens is 1. The first kappa shape index (κ1) is 59.8. The van der Waals surface area contributed by atoms with E-state index >= 15 is 0 Å². The molecule has 0 radical (unpaired) electrons. The smallest absolute Gasteiger partial charge is 0.306 e. The molecule has 0 aliphatic rings. The molecule has 362 valence electrons. The van der Waals surface area contributed by atoms with E-state index in [0.29, 0.717) is 17.4 Å². The van der Waals surface area contributed by atoms with Gasteiger partial charge in [-0.3, -0.25) is 14.2 Å². The summed E-state index contributed by atoms with van der Waals surface area (Å²) in [6.07, 6.45) is 48.1. The van der Waals surface area contributed by atoms with Gasteiger partial charge in [0.2, 0.25) is 0 Å². The quantitative estimate of drug-likeness (QED) is 0.0195. The van der Waals surface area contributed by atoms with Gasteiger partial charge in [-0.05, 0) is 38.5 Å². The Bertz CT molecular complexity index is 1050. The van der Waals surface area contributed by atoms with E-state index < -0.39 is 26.5 Å². The number of unbranched alkanes of at least 4 members (excludes halogenated alkanes) is 32. The second-order valence-electron chi connectivity index (χ2n) is 18.9. The molecule has 0 rings (SSSR count). The molecule has 0 saturated carbocycles. The molecule has 0 aromatic rings. The molecule has 10 heteroatoms. The van der Waals surface area contributed by atoms with Crippen LogP contribution in [0.3, 0.4) is 0 Å². The van der Waals surface area contributed by atoms with Crippen LogP contribution in [0.25, 0.3) is 0 Å². The maximum absolute atomic E-state index is 12.7. The predicted molar refractivity (Wildman–Crippen MR) is 255 cm³/mol. The summed E-state index contributed by atoms with van der Waals surface area (Å²) < 4.78 is 34.0. The van der Waals surface area contributed by atoms with Crippen molar-refractivity contribution in [2.45, 2.75) is 258 Å². The lowest BCUT2D eigenvalue weighted by molar-refractivity contribution is -0.870. The van der Waals surface area contributed by atoms with Crippen molar-refractivity contribution in [3.63, 3.8) is 0 Å². The zero-order valence-corrected chi connectivity index (χ0v) is 41.8. The number of phosphoric ester groups is 1. The summed E-state index contributed by atoms with van der Waals surface area (Å²) in [6, 6.07) is 0. The minimum Gasteiger partial charge on any atom is -0.756 e. The highest BCUT2D eigenvalue weighted by Gasteiger charge is 2.21. The fourth-order valence-corrected chi connectivity index (χ4v) is 8.20. The van der Waals surface area contributed by atoms with Crippen LogP contribution in [0.5, 0.6) is 0 Å². The summed E-state index contributed by atoms with van der Waals surface area (Å²) in [4.78, 5) is 37.7. The average Bonchev–Trinajstić information content (AvgIpc) is 3.21. The van der Waals surface area contributed by atoms with Crippen molar-refractivity contribution in [2.24, 2.45) is 0 Å². The normalized spacial score (nSPS) is 13.5. The maximum Gasteiger partial charge on any atom is 0.306 e. The summed E-state index contributed by atoms with van der Waals surface area (Å²) in [5.74, 6) is -0.829. The van der Waals surface area contributed by atoms with Gasteiger partial charge in [0.25, 0.3) is 7.82 Å². The molecule has 0 aromatic heterocycles. The van der Waals surface area contributed by atoms with E-state index in [0.717, 1.165) is 51.4 Å². The van der Waals surface area contributed by atoms with Gasteiger partial charge in [0.1, 0.15) is 19.8 Å². The monoisotopic (exact) mass is 886 g/mol. The molecule has 0 aromatic carbocycles. The lowest BCUT2D eigenvalue weighted by Gasteiger charge is -2.28. The van der Waals surface area contributed by atoms with Crippen LogP contribution in [0.2, 0.25) is 0 Å². The number of allylic oxidation sites excluding steroid dienone is 2. The summed E-state index contributed by atoms with van der Waals surface area (Å²) >= 11 is 0. The number of nitrogens with zero attached hydrogens (tertiary/aromatic N) is 1. The molecule has 0 bridgehead atoms.